The average Bonchev–Trinajstić information content (AvgIpc) is 2.42. The fourth-order valence-corrected chi connectivity index (χ4v) is 1.65. The van der Waals surface area contributed by atoms with Crippen molar-refractivity contribution in [2.45, 2.75) is 44.9 Å². The summed E-state index contributed by atoms with van der Waals surface area (Å²) in [7, 11) is 0. The minimum atomic E-state index is -0.177. The fraction of sp³-hybridized carbons (Fsp3) is 0.714. The van der Waals surface area contributed by atoms with Gasteiger partial charge in [0.15, 0.2) is 0 Å². The van der Waals surface area contributed by atoms with E-state index < -0.39 is 0 Å². The van der Waals surface area contributed by atoms with Gasteiger partial charge in [0.05, 0.1) is 0 Å². The zero-order valence-corrected chi connectivity index (χ0v) is 11.7. The van der Waals surface area contributed by atoms with E-state index in [1.807, 2.05) is 0 Å². The summed E-state index contributed by atoms with van der Waals surface area (Å²) in [5.74, 6) is -0.0855. The quantitative estimate of drug-likeness (QED) is 0.366. The van der Waals surface area contributed by atoms with Crippen molar-refractivity contribution in [2.75, 3.05) is 19.6 Å². The molecule has 0 heterocycles. The SMILES string of the molecule is C=CC(=O)NCCCNC(=O)CCCCCCCN. The van der Waals surface area contributed by atoms with E-state index in [1.165, 1.54) is 6.08 Å². The first-order valence-corrected chi connectivity index (χ1v) is 7.07. The summed E-state index contributed by atoms with van der Waals surface area (Å²) in [6.07, 6.45) is 7.96. The van der Waals surface area contributed by atoms with Crippen molar-refractivity contribution in [3.05, 3.63) is 12.7 Å². The van der Waals surface area contributed by atoms with Gasteiger partial charge in [0.2, 0.25) is 11.8 Å². The minimum Gasteiger partial charge on any atom is -0.356 e. The van der Waals surface area contributed by atoms with Crippen molar-refractivity contribution < 1.29 is 9.59 Å². The standard InChI is InChI=1S/C14H27N3O2/c1-2-13(18)16-11-8-12-17-14(19)9-6-4-3-5-7-10-15/h2H,1,3-12,15H2,(H,16,18)(H,17,19). The van der Waals surface area contributed by atoms with Crippen LogP contribution in [0.2, 0.25) is 0 Å². The third kappa shape index (κ3) is 12.9. The average molecular weight is 269 g/mol. The van der Waals surface area contributed by atoms with Gasteiger partial charge in [-0.15, -0.1) is 0 Å². The van der Waals surface area contributed by atoms with E-state index in [2.05, 4.69) is 17.2 Å². The molecule has 0 aromatic carbocycles. The molecule has 4 N–H and O–H groups in total. The highest BCUT2D eigenvalue weighted by molar-refractivity contribution is 5.86. The highest BCUT2D eigenvalue weighted by Gasteiger charge is 2.00. The molecule has 0 saturated carbocycles. The Morgan fingerprint density at radius 3 is 2.26 bits per heavy atom. The van der Waals surface area contributed by atoms with Crippen molar-refractivity contribution in [1.82, 2.24) is 10.6 Å². The zero-order valence-electron chi connectivity index (χ0n) is 11.7. The van der Waals surface area contributed by atoms with Gasteiger partial charge in [0, 0.05) is 19.5 Å². The lowest BCUT2D eigenvalue weighted by Crippen LogP contribution is -2.28. The normalized spacial score (nSPS) is 9.95. The Morgan fingerprint density at radius 1 is 0.947 bits per heavy atom. The molecule has 2 amide bonds. The molecule has 19 heavy (non-hydrogen) atoms. The first-order valence-electron chi connectivity index (χ1n) is 7.07. The molecule has 0 saturated heterocycles. The van der Waals surface area contributed by atoms with Crippen LogP contribution in [0.4, 0.5) is 0 Å². The number of unbranched alkanes of at least 4 members (excludes halogenated alkanes) is 4. The third-order valence-corrected chi connectivity index (χ3v) is 2.77. The predicted molar refractivity (Wildman–Crippen MR) is 77.6 cm³/mol. The second kappa shape index (κ2) is 13.1. The largest absolute Gasteiger partial charge is 0.356 e. The number of hydrogen-bond donors (Lipinski definition) is 3. The summed E-state index contributed by atoms with van der Waals surface area (Å²) in [4.78, 5) is 22.3. The number of nitrogens with two attached hydrogens (primary N) is 1. The van der Waals surface area contributed by atoms with Crippen LogP contribution in [-0.4, -0.2) is 31.4 Å². The predicted octanol–water partition coefficient (Wildman–Crippen LogP) is 1.09. The van der Waals surface area contributed by atoms with Gasteiger partial charge in [-0.2, -0.15) is 0 Å². The highest BCUT2D eigenvalue weighted by atomic mass is 16.2. The Bertz CT molecular complexity index is 267. The Balaban J connectivity index is 3.25. The van der Waals surface area contributed by atoms with E-state index in [0.717, 1.165) is 45.1 Å². The van der Waals surface area contributed by atoms with Crippen LogP contribution in [0.25, 0.3) is 0 Å². The molecule has 0 rings (SSSR count). The molecule has 0 radical (unpaired) electrons. The zero-order chi connectivity index (χ0) is 14.3. The van der Waals surface area contributed by atoms with Crippen LogP contribution in [-0.2, 0) is 9.59 Å². The molecule has 110 valence electrons. The molecule has 0 aromatic rings. The fourth-order valence-electron chi connectivity index (χ4n) is 1.65. The lowest BCUT2D eigenvalue weighted by molar-refractivity contribution is -0.121. The molecule has 0 spiro atoms. The van der Waals surface area contributed by atoms with Crippen molar-refractivity contribution in [3.63, 3.8) is 0 Å². The van der Waals surface area contributed by atoms with E-state index in [4.69, 9.17) is 5.73 Å². The molecule has 5 nitrogen and oxygen atoms in total. The van der Waals surface area contributed by atoms with Gasteiger partial charge >= 0.3 is 0 Å². The van der Waals surface area contributed by atoms with Crippen LogP contribution in [0.1, 0.15) is 44.9 Å². The van der Waals surface area contributed by atoms with Gasteiger partial charge < -0.3 is 16.4 Å². The maximum absolute atomic E-state index is 11.5. The Morgan fingerprint density at radius 2 is 1.58 bits per heavy atom. The molecule has 0 aromatic heterocycles. The molecule has 0 unspecified atom stereocenters. The topological polar surface area (TPSA) is 84.2 Å². The maximum Gasteiger partial charge on any atom is 0.243 e. The number of rotatable bonds is 12. The van der Waals surface area contributed by atoms with Crippen molar-refractivity contribution >= 4 is 11.8 Å². The van der Waals surface area contributed by atoms with E-state index in [0.29, 0.717) is 19.5 Å². The Kier molecular flexibility index (Phi) is 12.1. The number of amides is 2. The smallest absolute Gasteiger partial charge is 0.243 e. The number of nitrogens with one attached hydrogen (secondary N) is 2. The van der Waals surface area contributed by atoms with Gasteiger partial charge in [-0.3, -0.25) is 9.59 Å². The van der Waals surface area contributed by atoms with Crippen molar-refractivity contribution in [1.29, 1.82) is 0 Å². The first-order chi connectivity index (χ1) is 9.20. The van der Waals surface area contributed by atoms with Crippen LogP contribution >= 0.6 is 0 Å². The number of carbonyl (C=O) groups is 2. The van der Waals surface area contributed by atoms with Crippen LogP contribution in [0, 0.1) is 0 Å². The van der Waals surface area contributed by atoms with Gasteiger partial charge in [0.1, 0.15) is 0 Å². The second-order valence-corrected chi connectivity index (χ2v) is 4.51. The molecule has 0 bridgehead atoms. The summed E-state index contributed by atoms with van der Waals surface area (Å²) in [5.41, 5.74) is 5.40. The maximum atomic E-state index is 11.5. The summed E-state index contributed by atoms with van der Waals surface area (Å²) in [6.45, 7) is 5.27. The van der Waals surface area contributed by atoms with Gasteiger partial charge in [-0.1, -0.05) is 25.8 Å². The van der Waals surface area contributed by atoms with Gasteiger partial charge in [0.25, 0.3) is 0 Å². The second-order valence-electron chi connectivity index (χ2n) is 4.51. The molecular weight excluding hydrogens is 242 g/mol. The van der Waals surface area contributed by atoms with Crippen LogP contribution in [0.3, 0.4) is 0 Å². The van der Waals surface area contributed by atoms with Crippen molar-refractivity contribution in [3.8, 4) is 0 Å². The molecule has 0 atom stereocenters. The molecule has 5 heteroatoms. The van der Waals surface area contributed by atoms with Gasteiger partial charge in [-0.25, -0.2) is 0 Å². The summed E-state index contributed by atoms with van der Waals surface area (Å²) in [5, 5.41) is 5.50. The molecule has 0 aliphatic rings. The minimum absolute atomic E-state index is 0.0915. The molecular formula is C14H27N3O2. The van der Waals surface area contributed by atoms with Crippen molar-refractivity contribution in [2.24, 2.45) is 5.73 Å². The summed E-state index contributed by atoms with van der Waals surface area (Å²) < 4.78 is 0. The molecule has 0 aliphatic carbocycles. The summed E-state index contributed by atoms with van der Waals surface area (Å²) in [6, 6.07) is 0. The van der Waals surface area contributed by atoms with Gasteiger partial charge in [-0.05, 0) is 31.9 Å². The van der Waals surface area contributed by atoms with E-state index in [-0.39, 0.29) is 11.8 Å². The number of carbonyl (C=O) groups excluding carboxylic acids is 2. The Hall–Kier alpha value is -1.36. The van der Waals surface area contributed by atoms with E-state index in [1.54, 1.807) is 0 Å². The first kappa shape index (κ1) is 17.6. The van der Waals surface area contributed by atoms with E-state index >= 15 is 0 Å². The Labute approximate surface area is 116 Å². The van der Waals surface area contributed by atoms with Crippen LogP contribution in [0.5, 0.6) is 0 Å². The monoisotopic (exact) mass is 269 g/mol. The van der Waals surface area contributed by atoms with E-state index in [9.17, 15) is 9.59 Å². The molecule has 0 aliphatic heterocycles. The van der Waals surface area contributed by atoms with Crippen LogP contribution < -0.4 is 16.4 Å². The number of hydrogen-bond acceptors (Lipinski definition) is 3. The summed E-state index contributed by atoms with van der Waals surface area (Å²) >= 11 is 0. The third-order valence-electron chi connectivity index (χ3n) is 2.77. The lowest BCUT2D eigenvalue weighted by atomic mass is 10.1. The highest BCUT2D eigenvalue weighted by Crippen LogP contribution is 2.04. The van der Waals surface area contributed by atoms with Crippen LogP contribution in [0.15, 0.2) is 12.7 Å². The molecule has 0 fully saturated rings. The lowest BCUT2D eigenvalue weighted by Gasteiger charge is -2.05.